The Labute approximate surface area is 163 Å². The van der Waals surface area contributed by atoms with E-state index in [1.54, 1.807) is 47.4 Å². The molecule has 142 valence electrons. The second-order valence-corrected chi connectivity index (χ2v) is 8.84. The molecule has 0 aliphatic carbocycles. The number of amides is 1. The number of sulfonamides is 1. The van der Waals surface area contributed by atoms with Gasteiger partial charge in [0.1, 0.15) is 0 Å². The number of nitrogens with zero attached hydrogens (tertiary/aromatic N) is 2. The maximum absolute atomic E-state index is 12.9. The lowest BCUT2D eigenvalue weighted by Gasteiger charge is -2.26. The maximum Gasteiger partial charge on any atom is 0.259 e. The molecule has 1 amide bonds. The van der Waals surface area contributed by atoms with Crippen molar-refractivity contribution in [3.63, 3.8) is 0 Å². The normalized spacial score (nSPS) is 17.7. The molecule has 0 radical (unpaired) electrons. The van der Waals surface area contributed by atoms with Crippen LogP contribution in [0.2, 0.25) is 5.02 Å². The fourth-order valence-corrected chi connectivity index (χ4v) is 5.14. The number of fused-ring (bicyclic) bond motifs is 1. The average Bonchev–Trinajstić information content (AvgIpc) is 3.12. The van der Waals surface area contributed by atoms with Crippen LogP contribution < -0.4 is 4.90 Å². The Balaban J connectivity index is 1.63. The third kappa shape index (κ3) is 3.36. The van der Waals surface area contributed by atoms with Gasteiger partial charge in [0.2, 0.25) is 10.0 Å². The lowest BCUT2D eigenvalue weighted by Crippen LogP contribution is -2.40. The summed E-state index contributed by atoms with van der Waals surface area (Å²) in [7, 11) is -3.55. The predicted octanol–water partition coefficient (Wildman–Crippen LogP) is 2.56. The van der Waals surface area contributed by atoms with Gasteiger partial charge in [0.05, 0.1) is 28.7 Å². The molecular weight excluding hydrogens is 388 g/mol. The van der Waals surface area contributed by atoms with E-state index < -0.39 is 10.0 Å². The van der Waals surface area contributed by atoms with E-state index in [1.165, 1.54) is 4.31 Å². The van der Waals surface area contributed by atoms with E-state index >= 15 is 0 Å². The number of carbonyl (C=O) groups excluding carboxylic acids is 1. The number of hydrogen-bond donors (Lipinski definition) is 0. The quantitative estimate of drug-likeness (QED) is 0.785. The molecule has 0 bridgehead atoms. The Morgan fingerprint density at radius 2 is 1.78 bits per heavy atom. The van der Waals surface area contributed by atoms with Gasteiger partial charge in [-0.2, -0.15) is 4.31 Å². The van der Waals surface area contributed by atoms with Crippen molar-refractivity contribution in [1.82, 2.24) is 4.31 Å². The Hall–Kier alpha value is -1.93. The highest BCUT2D eigenvalue weighted by Gasteiger charge is 2.31. The van der Waals surface area contributed by atoms with Crippen molar-refractivity contribution in [3.05, 3.63) is 58.6 Å². The summed E-state index contributed by atoms with van der Waals surface area (Å²) in [5, 5.41) is 0.405. The van der Waals surface area contributed by atoms with E-state index in [0.717, 1.165) is 11.3 Å². The first-order valence-corrected chi connectivity index (χ1v) is 10.6. The Morgan fingerprint density at radius 3 is 2.52 bits per heavy atom. The van der Waals surface area contributed by atoms with Crippen molar-refractivity contribution in [2.24, 2.45) is 0 Å². The fourth-order valence-electron chi connectivity index (χ4n) is 3.47. The number of anilines is 1. The molecule has 27 heavy (non-hydrogen) atoms. The minimum Gasteiger partial charge on any atom is -0.379 e. The van der Waals surface area contributed by atoms with Crippen LogP contribution in [-0.2, 0) is 21.2 Å². The molecule has 0 aromatic heterocycles. The summed E-state index contributed by atoms with van der Waals surface area (Å²) in [5.41, 5.74) is 2.03. The molecule has 0 unspecified atom stereocenters. The second-order valence-electron chi connectivity index (χ2n) is 6.49. The molecule has 2 heterocycles. The van der Waals surface area contributed by atoms with Crippen molar-refractivity contribution in [1.29, 1.82) is 0 Å². The third-order valence-corrected chi connectivity index (χ3v) is 7.13. The summed E-state index contributed by atoms with van der Waals surface area (Å²) in [5.74, 6) is -0.178. The monoisotopic (exact) mass is 406 g/mol. The molecule has 0 atom stereocenters. The molecule has 2 aromatic carbocycles. The number of ether oxygens (including phenoxy) is 1. The molecule has 0 spiro atoms. The van der Waals surface area contributed by atoms with E-state index in [2.05, 4.69) is 0 Å². The Bertz CT molecular complexity index is 987. The van der Waals surface area contributed by atoms with Crippen LogP contribution >= 0.6 is 11.6 Å². The smallest absolute Gasteiger partial charge is 0.259 e. The first kappa shape index (κ1) is 18.4. The van der Waals surface area contributed by atoms with E-state index in [4.69, 9.17) is 16.3 Å². The van der Waals surface area contributed by atoms with Crippen LogP contribution in [0.5, 0.6) is 0 Å². The van der Waals surface area contributed by atoms with Gasteiger partial charge in [-0.1, -0.05) is 23.7 Å². The van der Waals surface area contributed by atoms with Gasteiger partial charge in [-0.05, 0) is 42.3 Å². The van der Waals surface area contributed by atoms with Gasteiger partial charge in [0.15, 0.2) is 0 Å². The average molecular weight is 407 g/mol. The van der Waals surface area contributed by atoms with Crippen LogP contribution in [0.3, 0.4) is 0 Å². The largest absolute Gasteiger partial charge is 0.379 e. The van der Waals surface area contributed by atoms with Gasteiger partial charge in [-0.25, -0.2) is 8.42 Å². The molecule has 0 N–H and O–H groups in total. The number of halogens is 1. The number of rotatable bonds is 3. The molecule has 1 saturated heterocycles. The molecular formula is C19H19ClN2O4S. The van der Waals surface area contributed by atoms with Gasteiger partial charge < -0.3 is 9.64 Å². The lowest BCUT2D eigenvalue weighted by molar-refractivity contribution is 0.0730. The van der Waals surface area contributed by atoms with Crippen LogP contribution in [0, 0.1) is 0 Å². The highest BCUT2D eigenvalue weighted by Crippen LogP contribution is 2.33. The van der Waals surface area contributed by atoms with Crippen LogP contribution in [0.25, 0.3) is 0 Å². The molecule has 2 aromatic rings. The highest BCUT2D eigenvalue weighted by atomic mass is 35.5. The van der Waals surface area contributed by atoms with Gasteiger partial charge in [-0.3, -0.25) is 4.79 Å². The predicted molar refractivity (Wildman–Crippen MR) is 103 cm³/mol. The second kappa shape index (κ2) is 7.24. The molecule has 4 rings (SSSR count). The SMILES string of the molecule is O=C(c1ccccc1Cl)N1CCc2cc(S(=O)(=O)N3CCOCC3)ccc21. The van der Waals surface area contributed by atoms with Gasteiger partial charge in [0, 0.05) is 25.3 Å². The van der Waals surface area contributed by atoms with Gasteiger partial charge >= 0.3 is 0 Å². The molecule has 1 fully saturated rings. The summed E-state index contributed by atoms with van der Waals surface area (Å²) < 4.78 is 32.4. The van der Waals surface area contributed by atoms with Crippen LogP contribution in [0.15, 0.2) is 47.4 Å². The number of benzene rings is 2. The Kier molecular flexibility index (Phi) is 4.94. The van der Waals surface area contributed by atoms with Crippen LogP contribution in [0.4, 0.5) is 5.69 Å². The zero-order chi connectivity index (χ0) is 19.0. The van der Waals surface area contributed by atoms with E-state index in [-0.39, 0.29) is 10.8 Å². The van der Waals surface area contributed by atoms with Crippen LogP contribution in [-0.4, -0.2) is 51.5 Å². The summed E-state index contributed by atoms with van der Waals surface area (Å²) in [4.78, 5) is 14.8. The maximum atomic E-state index is 12.9. The van der Waals surface area contributed by atoms with E-state index in [1.807, 2.05) is 0 Å². The fraction of sp³-hybridized carbons (Fsp3) is 0.316. The minimum atomic E-state index is -3.55. The first-order valence-electron chi connectivity index (χ1n) is 8.76. The topological polar surface area (TPSA) is 66.9 Å². The van der Waals surface area contributed by atoms with Crippen LogP contribution in [0.1, 0.15) is 15.9 Å². The molecule has 2 aliphatic heterocycles. The zero-order valence-electron chi connectivity index (χ0n) is 14.6. The van der Waals surface area contributed by atoms with E-state index in [9.17, 15) is 13.2 Å². The molecule has 6 nitrogen and oxygen atoms in total. The summed E-state index contributed by atoms with van der Waals surface area (Å²) >= 11 is 6.15. The third-order valence-electron chi connectivity index (χ3n) is 4.90. The lowest BCUT2D eigenvalue weighted by atomic mass is 10.1. The number of morpholine rings is 1. The zero-order valence-corrected chi connectivity index (χ0v) is 16.2. The summed E-state index contributed by atoms with van der Waals surface area (Å²) in [6.07, 6.45) is 0.609. The van der Waals surface area contributed by atoms with Crippen molar-refractivity contribution < 1.29 is 17.9 Å². The van der Waals surface area contributed by atoms with Crippen molar-refractivity contribution in [3.8, 4) is 0 Å². The summed E-state index contributed by atoms with van der Waals surface area (Å²) in [6, 6.07) is 11.9. The summed E-state index contributed by atoms with van der Waals surface area (Å²) in [6.45, 7) is 2.03. The number of carbonyl (C=O) groups is 1. The Morgan fingerprint density at radius 1 is 1.04 bits per heavy atom. The highest BCUT2D eigenvalue weighted by molar-refractivity contribution is 7.89. The van der Waals surface area contributed by atoms with Gasteiger partial charge in [0.25, 0.3) is 5.91 Å². The van der Waals surface area contributed by atoms with E-state index in [0.29, 0.717) is 49.9 Å². The minimum absolute atomic E-state index is 0.178. The van der Waals surface area contributed by atoms with Gasteiger partial charge in [-0.15, -0.1) is 0 Å². The molecule has 8 heteroatoms. The number of hydrogen-bond acceptors (Lipinski definition) is 4. The molecule has 0 saturated carbocycles. The van der Waals surface area contributed by atoms with Crippen molar-refractivity contribution in [2.75, 3.05) is 37.7 Å². The first-order chi connectivity index (χ1) is 13.0. The van der Waals surface area contributed by atoms with Crippen molar-refractivity contribution in [2.45, 2.75) is 11.3 Å². The standard InChI is InChI=1S/C19H19ClN2O4S/c20-17-4-2-1-3-16(17)19(23)22-8-7-14-13-15(5-6-18(14)22)27(24,25)21-9-11-26-12-10-21/h1-6,13H,7-12H2. The molecule has 2 aliphatic rings. The van der Waals surface area contributed by atoms with Crippen molar-refractivity contribution >= 4 is 33.2 Å².